The minimum absolute atomic E-state index is 0.818. The van der Waals surface area contributed by atoms with Crippen LogP contribution in [0.5, 0.6) is 0 Å². The number of hydrogen-bond acceptors (Lipinski definition) is 1. The van der Waals surface area contributed by atoms with E-state index in [1.165, 1.54) is 0 Å². The molecule has 2 nitrogen and oxygen atoms in total. The largest absolute Gasteiger partial charge is 0.279 e. The number of rotatable bonds is 1. The molecule has 0 atom stereocenters. The third kappa shape index (κ3) is 3.92. The summed E-state index contributed by atoms with van der Waals surface area (Å²) in [5.41, 5.74) is 0. The van der Waals surface area contributed by atoms with Crippen molar-refractivity contribution in [2.45, 2.75) is 0 Å². The van der Waals surface area contributed by atoms with E-state index in [-0.39, 0.29) is 0 Å². The Kier molecular flexibility index (Phi) is 2.14. The summed E-state index contributed by atoms with van der Waals surface area (Å²) in [7, 11) is 0. The third-order valence-electron chi connectivity index (χ3n) is 0.113. The van der Waals surface area contributed by atoms with Gasteiger partial charge >= 0.3 is 0 Å². The summed E-state index contributed by atoms with van der Waals surface area (Å²) in [6.45, 7) is -0.818. The van der Waals surface area contributed by atoms with Crippen LogP contribution < -0.4 is 0 Å². The van der Waals surface area contributed by atoms with E-state index in [9.17, 15) is 4.79 Å². The van der Waals surface area contributed by atoms with Crippen molar-refractivity contribution in [3.8, 4) is 0 Å². The fourth-order valence-electron chi connectivity index (χ4n) is 0. The highest BCUT2D eigenvalue weighted by Crippen LogP contribution is 1.71. The number of hydrogen-bond donors (Lipinski definition) is 0. The molecule has 0 spiro atoms. The van der Waals surface area contributed by atoms with Gasteiger partial charge in [0.05, 0.1) is 0 Å². The van der Waals surface area contributed by atoms with Gasteiger partial charge in [-0.05, 0) is 11.6 Å². The normalized spacial score (nSPS) is 7.60. The zero-order valence-corrected chi connectivity index (χ0v) is 3.16. The Labute approximate surface area is 34.4 Å². The van der Waals surface area contributed by atoms with E-state index in [1.807, 2.05) is 0 Å². The van der Waals surface area contributed by atoms with Crippen LogP contribution in [0.15, 0.2) is 0 Å². The predicted octanol–water partition coefficient (Wildman–Crippen LogP) is 0.182. The van der Waals surface area contributed by atoms with Gasteiger partial charge in [0.2, 0.25) is 0 Å². The zero-order valence-electron chi connectivity index (χ0n) is 2.40. The Bertz CT molecular complexity index is 42.9. The minimum atomic E-state index is -0.829. The van der Waals surface area contributed by atoms with E-state index in [1.54, 1.807) is 0 Å². The smallest absolute Gasteiger partial charge is 0.250 e. The van der Waals surface area contributed by atoms with Gasteiger partial charge in [0.25, 0.3) is 5.24 Å². The highest BCUT2D eigenvalue weighted by atomic mass is 35.5. The molecule has 0 bridgehead atoms. The fourth-order valence-corrected chi connectivity index (χ4v) is 0. The lowest BCUT2D eigenvalue weighted by molar-refractivity contribution is -0.115. The van der Waals surface area contributed by atoms with Gasteiger partial charge in [-0.1, -0.05) is 0 Å². The molecule has 0 fully saturated rings. The van der Waals surface area contributed by atoms with Gasteiger partial charge < -0.3 is 0 Å². The lowest BCUT2D eigenvalue weighted by Crippen LogP contribution is -1.87. The monoisotopic (exact) mass is 93.0 g/mol. The van der Waals surface area contributed by atoms with Crippen molar-refractivity contribution in [3.05, 3.63) is 0 Å². The Morgan fingerprint density at radius 2 is 2.00 bits per heavy atom. The SMILES string of the molecule is [O]CC(=O)Cl. The fraction of sp³-hybridized carbons (Fsp3) is 0.500. The summed E-state index contributed by atoms with van der Waals surface area (Å²) in [5, 5.41) is 8.32. The highest BCUT2D eigenvalue weighted by Gasteiger charge is 1.85. The molecule has 3 heteroatoms. The summed E-state index contributed by atoms with van der Waals surface area (Å²) in [5.74, 6) is 0. The molecule has 29 valence electrons. The molecule has 0 aromatic heterocycles. The second-order valence-electron chi connectivity index (χ2n) is 0.499. The minimum Gasteiger partial charge on any atom is -0.279 e. The molecule has 0 amide bonds. The highest BCUT2D eigenvalue weighted by molar-refractivity contribution is 6.63. The van der Waals surface area contributed by atoms with Crippen LogP contribution in [0.25, 0.3) is 0 Å². The van der Waals surface area contributed by atoms with Gasteiger partial charge in [-0.25, -0.2) is 5.11 Å². The first-order valence-electron chi connectivity index (χ1n) is 1.04. The van der Waals surface area contributed by atoms with E-state index >= 15 is 0 Å². The summed E-state index contributed by atoms with van der Waals surface area (Å²) < 4.78 is 0. The second-order valence-corrected chi connectivity index (χ2v) is 0.921. The maximum Gasteiger partial charge on any atom is 0.250 e. The van der Waals surface area contributed by atoms with Crippen molar-refractivity contribution in [1.29, 1.82) is 0 Å². The molecular formula is C2H2ClO2. The van der Waals surface area contributed by atoms with Crippen molar-refractivity contribution in [3.63, 3.8) is 0 Å². The quantitative estimate of drug-likeness (QED) is 0.426. The maximum absolute atomic E-state index is 9.27. The lowest BCUT2D eigenvalue weighted by atomic mass is 10.8. The van der Waals surface area contributed by atoms with Crippen LogP contribution in [-0.2, 0) is 9.90 Å². The third-order valence-corrected chi connectivity index (χ3v) is 0.223. The summed E-state index contributed by atoms with van der Waals surface area (Å²) in [6.07, 6.45) is 0. The van der Waals surface area contributed by atoms with Crippen molar-refractivity contribution < 1.29 is 9.90 Å². The molecule has 0 unspecified atom stereocenters. The molecule has 0 heterocycles. The predicted molar refractivity (Wildman–Crippen MR) is 16.4 cm³/mol. The van der Waals surface area contributed by atoms with Crippen molar-refractivity contribution in [2.75, 3.05) is 6.61 Å². The van der Waals surface area contributed by atoms with Crippen molar-refractivity contribution >= 4 is 16.8 Å². The van der Waals surface area contributed by atoms with Crippen LogP contribution in [-0.4, -0.2) is 11.8 Å². The van der Waals surface area contributed by atoms with E-state index in [4.69, 9.17) is 5.11 Å². The van der Waals surface area contributed by atoms with Crippen LogP contribution >= 0.6 is 11.6 Å². The van der Waals surface area contributed by atoms with Crippen LogP contribution in [0.1, 0.15) is 0 Å². The Balaban J connectivity index is 2.85. The van der Waals surface area contributed by atoms with Crippen LogP contribution in [0, 0.1) is 0 Å². The molecular weight excluding hydrogens is 91.5 g/mol. The Hall–Kier alpha value is -0.0800. The summed E-state index contributed by atoms with van der Waals surface area (Å²) in [4.78, 5) is 9.27. The first kappa shape index (κ1) is 4.92. The molecule has 0 aliphatic heterocycles. The molecule has 0 rings (SSSR count). The van der Waals surface area contributed by atoms with Gasteiger partial charge in [0.15, 0.2) is 6.61 Å². The van der Waals surface area contributed by atoms with Crippen LogP contribution in [0.4, 0.5) is 0 Å². The molecule has 0 aliphatic carbocycles. The van der Waals surface area contributed by atoms with Gasteiger partial charge in [-0.3, -0.25) is 4.79 Å². The van der Waals surface area contributed by atoms with Crippen molar-refractivity contribution in [1.82, 2.24) is 0 Å². The topological polar surface area (TPSA) is 37.0 Å². The van der Waals surface area contributed by atoms with Crippen LogP contribution in [0.2, 0.25) is 0 Å². The second kappa shape index (κ2) is 2.18. The molecule has 1 radical (unpaired) electrons. The number of carbonyl (C=O) groups is 1. The first-order chi connectivity index (χ1) is 2.27. The Morgan fingerprint density at radius 1 is 1.80 bits per heavy atom. The standard InChI is InChI=1S/C2H2ClO2/c3-2(5)1-4/h1H2. The molecule has 0 saturated carbocycles. The molecule has 0 aliphatic rings. The molecule has 0 saturated heterocycles. The van der Waals surface area contributed by atoms with E-state index in [2.05, 4.69) is 11.6 Å². The number of halogens is 1. The van der Waals surface area contributed by atoms with Gasteiger partial charge in [0.1, 0.15) is 0 Å². The van der Waals surface area contributed by atoms with Gasteiger partial charge in [-0.2, -0.15) is 0 Å². The molecule has 5 heavy (non-hydrogen) atoms. The molecule has 0 aromatic rings. The van der Waals surface area contributed by atoms with E-state index in [0.717, 1.165) is 0 Å². The molecule has 0 aromatic carbocycles. The number of carbonyl (C=O) groups excluding carboxylic acids is 1. The van der Waals surface area contributed by atoms with Gasteiger partial charge in [-0.15, -0.1) is 0 Å². The zero-order chi connectivity index (χ0) is 4.28. The summed E-state index contributed by atoms with van der Waals surface area (Å²) >= 11 is 4.51. The van der Waals surface area contributed by atoms with Gasteiger partial charge in [0, 0.05) is 0 Å². The van der Waals surface area contributed by atoms with Crippen molar-refractivity contribution in [2.24, 2.45) is 0 Å². The average molecular weight is 93.5 g/mol. The first-order valence-corrected chi connectivity index (χ1v) is 1.41. The summed E-state index contributed by atoms with van der Waals surface area (Å²) in [6, 6.07) is 0. The van der Waals surface area contributed by atoms with E-state index < -0.39 is 11.8 Å². The maximum atomic E-state index is 9.27. The average Bonchev–Trinajstić information content (AvgIpc) is 1.38. The molecule has 0 N–H and O–H groups in total. The Morgan fingerprint density at radius 3 is 2.00 bits per heavy atom. The van der Waals surface area contributed by atoms with Crippen LogP contribution in [0.3, 0.4) is 0 Å². The van der Waals surface area contributed by atoms with E-state index in [0.29, 0.717) is 0 Å². The lowest BCUT2D eigenvalue weighted by Gasteiger charge is -1.65.